The number of furan rings is 1. The van der Waals surface area contributed by atoms with E-state index in [0.29, 0.717) is 49.0 Å². The Morgan fingerprint density at radius 1 is 1.12 bits per heavy atom. The van der Waals surface area contributed by atoms with Gasteiger partial charge in [0.15, 0.2) is 15.1 Å². The second-order valence-corrected chi connectivity index (χ2v) is 12.4. The van der Waals surface area contributed by atoms with E-state index in [1.54, 1.807) is 17.6 Å². The summed E-state index contributed by atoms with van der Waals surface area (Å²) in [5, 5.41) is 1.23. The number of fused-ring (bicyclic) bond motifs is 1. The fraction of sp³-hybridized carbons (Fsp3) is 0.344. The van der Waals surface area contributed by atoms with Gasteiger partial charge in [0.25, 0.3) is 5.56 Å². The zero-order chi connectivity index (χ0) is 30.0. The van der Waals surface area contributed by atoms with Gasteiger partial charge in [-0.2, -0.15) is 0 Å². The standard InChI is InChI=1S/C32H34N4O4S2/c1-7-9-24-27(30(38)39-8-2)28(22-12-10-21(11-13-22)18(3)4)36-29(37)25(41-32(36)35-24)17-23-14-15-26(40-23)42-31-33-19(5)16-20(6)34-31/h10-18,28H,7-9H2,1-6H3/b25-17+/t28-/m1/s1. The van der Waals surface area contributed by atoms with Crippen LogP contribution in [0.3, 0.4) is 0 Å². The quantitative estimate of drug-likeness (QED) is 0.175. The van der Waals surface area contributed by atoms with Crippen molar-refractivity contribution in [1.29, 1.82) is 0 Å². The van der Waals surface area contributed by atoms with Gasteiger partial charge < -0.3 is 9.15 Å². The summed E-state index contributed by atoms with van der Waals surface area (Å²) in [6.45, 7) is 12.2. The first kappa shape index (κ1) is 29.7. The number of carbonyl (C=O) groups is 1. The molecule has 1 aliphatic rings. The Kier molecular flexibility index (Phi) is 8.93. The summed E-state index contributed by atoms with van der Waals surface area (Å²) in [6.07, 6.45) is 3.12. The molecule has 1 aromatic carbocycles. The van der Waals surface area contributed by atoms with Crippen LogP contribution in [0.1, 0.15) is 80.8 Å². The van der Waals surface area contributed by atoms with Gasteiger partial charge >= 0.3 is 5.97 Å². The second kappa shape index (κ2) is 12.6. The van der Waals surface area contributed by atoms with Crippen molar-refractivity contribution in [3.05, 3.63) is 102 Å². The van der Waals surface area contributed by atoms with Crippen LogP contribution >= 0.6 is 23.1 Å². The van der Waals surface area contributed by atoms with Gasteiger partial charge in [0.05, 0.1) is 28.5 Å². The van der Waals surface area contributed by atoms with E-state index in [1.165, 1.54) is 28.7 Å². The van der Waals surface area contributed by atoms with Crippen molar-refractivity contribution in [3.8, 4) is 0 Å². The van der Waals surface area contributed by atoms with Crippen molar-refractivity contribution in [3.63, 3.8) is 0 Å². The summed E-state index contributed by atoms with van der Waals surface area (Å²) in [7, 11) is 0. The summed E-state index contributed by atoms with van der Waals surface area (Å²) in [6, 6.07) is 13.0. The largest absolute Gasteiger partial charge is 0.463 e. The number of thiazole rings is 1. The van der Waals surface area contributed by atoms with Crippen molar-refractivity contribution < 1.29 is 13.9 Å². The summed E-state index contributed by atoms with van der Waals surface area (Å²) in [5.74, 6) is 0.441. The van der Waals surface area contributed by atoms with Gasteiger partial charge in [-0.05, 0) is 74.2 Å². The number of carbonyl (C=O) groups excluding carboxylic acids is 1. The Morgan fingerprint density at radius 2 is 1.83 bits per heavy atom. The lowest BCUT2D eigenvalue weighted by Gasteiger charge is -2.26. The van der Waals surface area contributed by atoms with Crippen LogP contribution in [0.4, 0.5) is 0 Å². The van der Waals surface area contributed by atoms with E-state index in [4.69, 9.17) is 14.1 Å². The molecule has 0 amide bonds. The Labute approximate surface area is 252 Å². The van der Waals surface area contributed by atoms with Gasteiger partial charge in [-0.1, -0.05) is 62.8 Å². The molecular formula is C32H34N4O4S2. The lowest BCUT2D eigenvalue weighted by atomic mass is 9.92. The molecule has 8 nitrogen and oxygen atoms in total. The van der Waals surface area contributed by atoms with Gasteiger partial charge in [0, 0.05) is 17.5 Å². The highest BCUT2D eigenvalue weighted by molar-refractivity contribution is 7.99. The van der Waals surface area contributed by atoms with Crippen LogP contribution in [0.25, 0.3) is 6.08 Å². The molecule has 0 saturated heterocycles. The molecule has 4 heterocycles. The third kappa shape index (κ3) is 6.19. The zero-order valence-electron chi connectivity index (χ0n) is 24.6. The Hall–Kier alpha value is -3.76. The fourth-order valence-electron chi connectivity index (χ4n) is 4.92. The van der Waals surface area contributed by atoms with Crippen molar-refractivity contribution in [2.24, 2.45) is 4.99 Å². The van der Waals surface area contributed by atoms with Crippen LogP contribution in [0.2, 0.25) is 0 Å². The average molecular weight is 603 g/mol. The lowest BCUT2D eigenvalue weighted by molar-refractivity contribution is -0.139. The third-order valence-corrected chi connectivity index (χ3v) is 8.61. The van der Waals surface area contributed by atoms with E-state index < -0.39 is 12.0 Å². The number of ether oxygens (including phenoxy) is 1. The summed E-state index contributed by atoms with van der Waals surface area (Å²) in [4.78, 5) is 41.7. The number of hydrogen-bond donors (Lipinski definition) is 0. The number of allylic oxidation sites excluding steroid dienone is 1. The average Bonchev–Trinajstić information content (AvgIpc) is 3.50. The van der Waals surface area contributed by atoms with Crippen molar-refractivity contribution in [2.45, 2.75) is 76.6 Å². The van der Waals surface area contributed by atoms with Crippen LogP contribution < -0.4 is 14.9 Å². The van der Waals surface area contributed by atoms with Crippen molar-refractivity contribution in [2.75, 3.05) is 6.61 Å². The molecule has 5 rings (SSSR count). The molecule has 1 atom stereocenters. The topological polar surface area (TPSA) is 99.6 Å². The number of hydrogen-bond acceptors (Lipinski definition) is 9. The molecule has 0 spiro atoms. The molecule has 0 unspecified atom stereocenters. The predicted molar refractivity (Wildman–Crippen MR) is 165 cm³/mol. The Balaban J connectivity index is 1.60. The minimum Gasteiger partial charge on any atom is -0.463 e. The minimum atomic E-state index is -0.644. The molecule has 0 N–H and O–H groups in total. The van der Waals surface area contributed by atoms with Crippen LogP contribution in [-0.4, -0.2) is 27.1 Å². The van der Waals surface area contributed by atoms with E-state index in [-0.39, 0.29) is 12.2 Å². The monoisotopic (exact) mass is 602 g/mol. The maximum Gasteiger partial charge on any atom is 0.338 e. The molecule has 0 aliphatic carbocycles. The van der Waals surface area contributed by atoms with Crippen LogP contribution in [-0.2, 0) is 9.53 Å². The number of benzene rings is 1. The third-order valence-electron chi connectivity index (χ3n) is 6.84. The van der Waals surface area contributed by atoms with E-state index in [2.05, 4.69) is 35.9 Å². The van der Waals surface area contributed by atoms with E-state index >= 15 is 0 Å². The van der Waals surface area contributed by atoms with Crippen molar-refractivity contribution in [1.82, 2.24) is 14.5 Å². The molecule has 0 radical (unpaired) electrons. The number of aryl methyl sites for hydroxylation is 2. The molecule has 0 saturated carbocycles. The fourth-order valence-corrected chi connectivity index (χ4v) is 6.76. The maximum absolute atomic E-state index is 14.0. The first-order valence-corrected chi connectivity index (χ1v) is 15.7. The van der Waals surface area contributed by atoms with Crippen LogP contribution in [0.5, 0.6) is 0 Å². The van der Waals surface area contributed by atoms with E-state index in [1.807, 2.05) is 51.1 Å². The molecule has 0 bridgehead atoms. The Bertz CT molecular complexity index is 1810. The van der Waals surface area contributed by atoms with E-state index in [9.17, 15) is 9.59 Å². The second-order valence-electron chi connectivity index (χ2n) is 10.4. The number of aromatic nitrogens is 3. The first-order chi connectivity index (χ1) is 20.2. The van der Waals surface area contributed by atoms with E-state index in [0.717, 1.165) is 23.4 Å². The van der Waals surface area contributed by atoms with Crippen LogP contribution in [0.15, 0.2) is 78.2 Å². The van der Waals surface area contributed by atoms with Gasteiger partial charge in [0.1, 0.15) is 5.76 Å². The molecule has 42 heavy (non-hydrogen) atoms. The SMILES string of the molecule is CCCC1=C(C(=O)OCC)[C@@H](c2ccc(C(C)C)cc2)n2c(s/c(=C/c3ccc(Sc4nc(C)cc(C)n4)o3)c2=O)=N1. The van der Waals surface area contributed by atoms with Gasteiger partial charge in [-0.25, -0.2) is 19.8 Å². The van der Waals surface area contributed by atoms with Gasteiger partial charge in [-0.3, -0.25) is 9.36 Å². The highest BCUT2D eigenvalue weighted by Gasteiger charge is 2.34. The minimum absolute atomic E-state index is 0.233. The highest BCUT2D eigenvalue weighted by Crippen LogP contribution is 2.33. The summed E-state index contributed by atoms with van der Waals surface area (Å²) < 4.78 is 13.6. The lowest BCUT2D eigenvalue weighted by Crippen LogP contribution is -2.40. The van der Waals surface area contributed by atoms with Gasteiger partial charge in [0.2, 0.25) is 0 Å². The summed E-state index contributed by atoms with van der Waals surface area (Å²) >= 11 is 2.62. The highest BCUT2D eigenvalue weighted by atomic mass is 32.2. The van der Waals surface area contributed by atoms with Gasteiger partial charge in [-0.15, -0.1) is 0 Å². The number of nitrogens with zero attached hydrogens (tertiary/aromatic N) is 4. The molecule has 1 aliphatic heterocycles. The van der Waals surface area contributed by atoms with Crippen molar-refractivity contribution >= 4 is 35.1 Å². The zero-order valence-corrected chi connectivity index (χ0v) is 26.3. The number of esters is 1. The summed E-state index contributed by atoms with van der Waals surface area (Å²) in [5.41, 5.74) is 4.62. The molecule has 4 aromatic rings. The predicted octanol–water partition coefficient (Wildman–Crippen LogP) is 5.85. The molecule has 3 aromatic heterocycles. The Morgan fingerprint density at radius 3 is 2.48 bits per heavy atom. The molecule has 10 heteroatoms. The first-order valence-electron chi connectivity index (χ1n) is 14.1. The smallest absolute Gasteiger partial charge is 0.338 e. The molecule has 218 valence electrons. The van der Waals surface area contributed by atoms with Crippen LogP contribution in [0, 0.1) is 13.8 Å². The normalized spacial score (nSPS) is 15.2. The number of rotatable bonds is 9. The molecular weight excluding hydrogens is 569 g/mol. The maximum atomic E-state index is 14.0. The molecule has 0 fully saturated rings.